The highest BCUT2D eigenvalue weighted by molar-refractivity contribution is 5.87. The molecule has 428 valence electrons. The Bertz CT molecular complexity index is 3370. The van der Waals surface area contributed by atoms with Gasteiger partial charge in [0.25, 0.3) is 0 Å². The Labute approximate surface area is 503 Å². The molecule has 0 nitrogen and oxygen atoms in total. The first-order chi connectivity index (χ1) is 40.5. The Morgan fingerprint density at radius 1 is 0.566 bits per heavy atom. The molecule has 0 saturated heterocycles. The second-order valence-electron chi connectivity index (χ2n) is 23.2. The monoisotopic (exact) mass is 1090 g/mol. The van der Waals surface area contributed by atoms with E-state index in [-0.39, 0.29) is 5.41 Å². The summed E-state index contributed by atoms with van der Waals surface area (Å²) >= 11 is 0. The Morgan fingerprint density at radius 3 is 1.67 bits per heavy atom. The normalized spacial score (nSPS) is 17.4. The molecule has 0 aromatic heterocycles. The van der Waals surface area contributed by atoms with Gasteiger partial charge in [0.15, 0.2) is 0 Å². The molecule has 11 rings (SSSR count). The number of hydrogen-bond acceptors (Lipinski definition) is 0. The van der Waals surface area contributed by atoms with Crippen LogP contribution in [-0.2, 0) is 11.8 Å². The van der Waals surface area contributed by atoms with Crippen molar-refractivity contribution >= 4 is 16.3 Å². The summed E-state index contributed by atoms with van der Waals surface area (Å²) in [5.74, 6) is 1.74. The highest BCUT2D eigenvalue weighted by Gasteiger charge is 2.25. The van der Waals surface area contributed by atoms with Gasteiger partial charge in [0.1, 0.15) is 0 Å². The average Bonchev–Trinajstić information content (AvgIpc) is 3.72. The molecule has 0 spiro atoms. The molecule has 0 bridgehead atoms. The van der Waals surface area contributed by atoms with Crippen molar-refractivity contribution in [2.24, 2.45) is 5.92 Å². The molecule has 0 N–H and O–H groups in total. The van der Waals surface area contributed by atoms with E-state index in [1.165, 1.54) is 139 Å². The second-order valence-corrected chi connectivity index (χ2v) is 23.2. The average molecular weight is 1090 g/mol. The van der Waals surface area contributed by atoms with E-state index in [4.69, 9.17) is 0 Å². The van der Waals surface area contributed by atoms with Crippen LogP contribution in [0.3, 0.4) is 0 Å². The van der Waals surface area contributed by atoms with Crippen LogP contribution in [0.1, 0.15) is 169 Å². The summed E-state index contributed by atoms with van der Waals surface area (Å²) in [6.45, 7) is 21.8. The van der Waals surface area contributed by atoms with Crippen molar-refractivity contribution < 1.29 is 0 Å². The molecule has 0 saturated carbocycles. The van der Waals surface area contributed by atoms with Crippen molar-refractivity contribution in [2.45, 2.75) is 157 Å². The van der Waals surface area contributed by atoms with E-state index in [0.29, 0.717) is 17.8 Å². The predicted octanol–water partition coefficient (Wildman–Crippen LogP) is 24.4. The summed E-state index contributed by atoms with van der Waals surface area (Å²) in [7, 11) is 0. The van der Waals surface area contributed by atoms with Gasteiger partial charge in [-0.15, -0.1) is 0 Å². The molecular weight excluding hydrogens is 997 g/mol. The van der Waals surface area contributed by atoms with Gasteiger partial charge in [0, 0.05) is 17.3 Å². The molecule has 0 amide bonds. The van der Waals surface area contributed by atoms with Gasteiger partial charge in [0.2, 0.25) is 0 Å². The molecule has 0 aliphatic heterocycles. The van der Waals surface area contributed by atoms with Crippen LogP contribution in [0.4, 0.5) is 0 Å². The summed E-state index contributed by atoms with van der Waals surface area (Å²) < 4.78 is 0. The Hall–Kier alpha value is -7.54. The highest BCUT2D eigenvalue weighted by atomic mass is 14.3. The maximum Gasteiger partial charge on any atom is 0.0142 e. The highest BCUT2D eigenvalue weighted by Crippen LogP contribution is 2.38. The Kier molecular flexibility index (Phi) is 25.0. The van der Waals surface area contributed by atoms with Gasteiger partial charge in [-0.2, -0.15) is 0 Å². The van der Waals surface area contributed by atoms with Crippen LogP contribution in [0, 0.1) is 26.7 Å². The minimum Gasteiger partial charge on any atom is -0.0879 e. The zero-order valence-electron chi connectivity index (χ0n) is 52.2. The van der Waals surface area contributed by atoms with Gasteiger partial charge >= 0.3 is 0 Å². The van der Waals surface area contributed by atoms with Crippen LogP contribution in [0.2, 0.25) is 0 Å². The molecule has 3 aliphatic rings. The van der Waals surface area contributed by atoms with E-state index in [9.17, 15) is 0 Å². The van der Waals surface area contributed by atoms with Crippen molar-refractivity contribution in [3.63, 3.8) is 0 Å². The van der Waals surface area contributed by atoms with Crippen molar-refractivity contribution in [2.75, 3.05) is 0 Å². The zero-order valence-corrected chi connectivity index (χ0v) is 52.2. The lowest BCUT2D eigenvalue weighted by molar-refractivity contribution is 0.596. The van der Waals surface area contributed by atoms with E-state index in [1.807, 2.05) is 32.0 Å². The number of fused-ring (bicyclic) bond motifs is 1. The van der Waals surface area contributed by atoms with E-state index in [1.54, 1.807) is 0 Å². The second kappa shape index (κ2) is 32.9. The third-order valence-corrected chi connectivity index (χ3v) is 16.5. The van der Waals surface area contributed by atoms with Gasteiger partial charge < -0.3 is 0 Å². The fourth-order valence-corrected chi connectivity index (χ4v) is 11.4. The quantitative estimate of drug-likeness (QED) is 0.0952. The van der Waals surface area contributed by atoms with Gasteiger partial charge in [-0.1, -0.05) is 333 Å². The van der Waals surface area contributed by atoms with E-state index < -0.39 is 0 Å². The molecule has 0 fully saturated rings. The fourth-order valence-electron chi connectivity index (χ4n) is 11.4. The Morgan fingerprint density at radius 2 is 1.14 bits per heavy atom. The molecule has 8 aromatic rings. The van der Waals surface area contributed by atoms with Crippen LogP contribution in [0.15, 0.2) is 260 Å². The summed E-state index contributed by atoms with van der Waals surface area (Å²) in [6.07, 6.45) is 34.4. The third-order valence-electron chi connectivity index (χ3n) is 16.5. The van der Waals surface area contributed by atoms with Gasteiger partial charge in [-0.05, 0) is 156 Å². The topological polar surface area (TPSA) is 0 Å². The number of benzene rings is 8. The van der Waals surface area contributed by atoms with E-state index >= 15 is 0 Å². The minimum atomic E-state index is 0.125. The van der Waals surface area contributed by atoms with E-state index in [0.717, 1.165) is 25.7 Å². The van der Waals surface area contributed by atoms with Crippen molar-refractivity contribution in [1.82, 2.24) is 0 Å². The zero-order chi connectivity index (χ0) is 58.8. The lowest BCUT2D eigenvalue weighted by Crippen LogP contribution is -2.20. The molecule has 4 unspecified atom stereocenters. The summed E-state index contributed by atoms with van der Waals surface area (Å²) in [5, 5.41) is 2.72. The predicted molar refractivity (Wildman–Crippen MR) is 367 cm³/mol. The largest absolute Gasteiger partial charge is 0.0879 e. The van der Waals surface area contributed by atoms with Gasteiger partial charge in [0.05, 0.1) is 0 Å². The first-order valence-corrected chi connectivity index (χ1v) is 31.6. The van der Waals surface area contributed by atoms with Crippen molar-refractivity contribution in [1.29, 1.82) is 0 Å². The number of hydrogen-bond donors (Lipinski definition) is 0. The SMILES string of the molecule is CC.CCC/C(=C\C(CCC)c1cccc2ccccc12)c1ccc(-c2ccc(C)cc2)cc1.CCCc1ccc(C2(C)C=CC(C3=CCC(C)C=C3)=CC2)cc1.Cc1ccc(-c2ccc(C3C=CCCC3)cc2)cc1.Cc1ccccc1. The molecule has 0 heterocycles. The third kappa shape index (κ3) is 18.7. The first-order valence-electron chi connectivity index (χ1n) is 31.6. The van der Waals surface area contributed by atoms with Crippen LogP contribution in [0.25, 0.3) is 38.6 Å². The standard InChI is InChI=1S/C32H34.C23H28.C19H20.C7H8.C2H6/c1-4-9-29(27-21-19-26(20-22-27)25-17-15-24(3)16-18-25)23-30(10-5-2)32-14-8-12-28-11-6-7-13-31(28)32;1-4-5-19-8-12-22(13-9-19)23(3)16-14-21(15-17-23)20-10-6-18(2)7-11-20;1-15-7-9-17(10-8-15)19-13-11-18(12-14-19)16-5-3-2-4-6-16;1-7-5-3-2-4-6-7;1-2/h6-8,11-23,30H,4-5,9-10H2,1-3H3;6,8-16,18H,4-5,7,17H2,1-3H3;3,5,7-14,16H,2,4,6H2,1H3;2-6H,1H3;1-2H3/b29-23+;;;;. The van der Waals surface area contributed by atoms with Crippen LogP contribution in [-0.4, -0.2) is 0 Å². The molecular formula is C83H96. The van der Waals surface area contributed by atoms with Crippen LogP contribution >= 0.6 is 0 Å². The van der Waals surface area contributed by atoms with Gasteiger partial charge in [-0.3, -0.25) is 0 Å². The minimum absolute atomic E-state index is 0.125. The first kappa shape index (κ1) is 63.0. The molecule has 4 atom stereocenters. The number of aryl methyl sites for hydroxylation is 4. The van der Waals surface area contributed by atoms with E-state index in [2.05, 4.69) is 286 Å². The lowest BCUT2D eigenvalue weighted by atomic mass is 9.75. The van der Waals surface area contributed by atoms with Crippen LogP contribution in [0.5, 0.6) is 0 Å². The maximum atomic E-state index is 2.55. The molecule has 3 aliphatic carbocycles. The summed E-state index contributed by atoms with van der Waals surface area (Å²) in [5.41, 5.74) is 20.6. The van der Waals surface area contributed by atoms with Gasteiger partial charge in [-0.25, -0.2) is 0 Å². The number of rotatable bonds is 14. The molecule has 0 radical (unpaired) electrons. The molecule has 8 aromatic carbocycles. The Balaban J connectivity index is 0.000000171. The molecule has 0 heteroatoms. The van der Waals surface area contributed by atoms with Crippen molar-refractivity contribution in [3.05, 3.63) is 304 Å². The molecule has 83 heavy (non-hydrogen) atoms. The van der Waals surface area contributed by atoms with Crippen molar-refractivity contribution in [3.8, 4) is 22.3 Å². The maximum absolute atomic E-state index is 2.55. The fraction of sp³-hybridized carbons (Fsp3) is 0.301. The summed E-state index contributed by atoms with van der Waals surface area (Å²) in [6, 6.07) is 70.8. The number of allylic oxidation sites excluding steroid dienone is 12. The smallest absolute Gasteiger partial charge is 0.0142 e. The lowest BCUT2D eigenvalue weighted by Gasteiger charge is -2.29. The summed E-state index contributed by atoms with van der Waals surface area (Å²) in [4.78, 5) is 0. The van der Waals surface area contributed by atoms with Crippen LogP contribution < -0.4 is 0 Å².